The first-order valence-corrected chi connectivity index (χ1v) is 5.65. The summed E-state index contributed by atoms with van der Waals surface area (Å²) in [6.45, 7) is 1.31. The van der Waals surface area contributed by atoms with Gasteiger partial charge in [-0.2, -0.15) is 30.7 Å². The van der Waals surface area contributed by atoms with Crippen molar-refractivity contribution in [2.75, 3.05) is 6.54 Å². The average Bonchev–Trinajstić information content (AvgIpc) is 2.30. The van der Waals surface area contributed by atoms with Crippen molar-refractivity contribution in [3.05, 3.63) is 12.2 Å². The van der Waals surface area contributed by atoms with Crippen molar-refractivity contribution in [2.24, 2.45) is 4.99 Å². The highest BCUT2D eigenvalue weighted by atomic mass is 35.5. The lowest BCUT2D eigenvalue weighted by atomic mass is 10.1. The van der Waals surface area contributed by atoms with E-state index in [1.54, 1.807) is 0 Å². The molecule has 0 fully saturated rings. The number of dihydropyridines is 1. The molecule has 0 radical (unpaired) electrons. The third kappa shape index (κ3) is 3.47. The third-order valence-corrected chi connectivity index (χ3v) is 2.67. The van der Waals surface area contributed by atoms with Crippen LogP contribution in [0, 0.1) is 0 Å². The molecule has 0 saturated heterocycles. The fourth-order valence-electron chi connectivity index (χ4n) is 1.19. The van der Waals surface area contributed by atoms with Crippen LogP contribution in [0.5, 0.6) is 0 Å². The third-order valence-electron chi connectivity index (χ3n) is 2.42. The number of nitrogens with one attached hydrogen (secondary N) is 1. The molecule has 1 amide bonds. The largest absolute Gasteiger partial charge is 0.460 e. The number of aliphatic imine (C=N–C) groups is 1. The SMILES string of the molecule is CC1(Cl)C=CC(NC(=O)C(F)(F)C(F)(F)C(F)(F)F)=NC1. The van der Waals surface area contributed by atoms with E-state index in [4.69, 9.17) is 11.6 Å². The standard InChI is InChI=1S/C10H8ClF7N2O/c1-7(11)3-2-5(19-4-7)20-6(21)8(12,13)9(14,15)10(16,17)18/h2-3H,4H2,1H3,(H,19,20,21). The van der Waals surface area contributed by atoms with Gasteiger partial charge in [-0.25, -0.2) is 0 Å². The molecule has 0 saturated carbocycles. The molecule has 1 unspecified atom stereocenters. The van der Waals surface area contributed by atoms with Crippen LogP contribution in [0.25, 0.3) is 0 Å². The van der Waals surface area contributed by atoms with Gasteiger partial charge in [-0.3, -0.25) is 9.79 Å². The Kier molecular flexibility index (Phi) is 4.35. The zero-order valence-electron chi connectivity index (χ0n) is 10.2. The Morgan fingerprint density at radius 3 is 2.19 bits per heavy atom. The van der Waals surface area contributed by atoms with E-state index in [-0.39, 0.29) is 6.54 Å². The van der Waals surface area contributed by atoms with E-state index >= 15 is 0 Å². The summed E-state index contributed by atoms with van der Waals surface area (Å²) in [6.07, 6.45) is -4.43. The van der Waals surface area contributed by atoms with E-state index in [2.05, 4.69) is 4.99 Å². The summed E-state index contributed by atoms with van der Waals surface area (Å²) in [7, 11) is 0. The lowest BCUT2D eigenvalue weighted by Crippen LogP contribution is -2.60. The number of carbonyl (C=O) groups is 1. The molecule has 1 heterocycles. The highest BCUT2D eigenvalue weighted by Gasteiger charge is 2.76. The molecule has 1 N–H and O–H groups in total. The molecule has 1 aliphatic rings. The molecular formula is C10H8ClF7N2O. The van der Waals surface area contributed by atoms with E-state index in [0.717, 1.165) is 6.08 Å². The first-order chi connectivity index (χ1) is 9.21. The minimum Gasteiger partial charge on any atom is -0.306 e. The van der Waals surface area contributed by atoms with Crippen molar-refractivity contribution in [1.82, 2.24) is 5.32 Å². The van der Waals surface area contributed by atoms with Crippen molar-refractivity contribution in [2.45, 2.75) is 29.8 Å². The first kappa shape index (κ1) is 17.7. The fraction of sp³-hybridized carbons (Fsp3) is 0.600. The van der Waals surface area contributed by atoms with Crippen LogP contribution in [-0.4, -0.2) is 41.2 Å². The molecule has 1 aliphatic heterocycles. The van der Waals surface area contributed by atoms with Gasteiger partial charge in [0.2, 0.25) is 0 Å². The normalized spacial score (nSPS) is 23.8. The molecule has 1 atom stereocenters. The van der Waals surface area contributed by atoms with Gasteiger partial charge in [0.1, 0.15) is 5.84 Å². The Hall–Kier alpha value is -1.32. The quantitative estimate of drug-likeness (QED) is 0.609. The smallest absolute Gasteiger partial charge is 0.306 e. The van der Waals surface area contributed by atoms with Crippen molar-refractivity contribution in [3.8, 4) is 0 Å². The summed E-state index contributed by atoms with van der Waals surface area (Å²) in [6, 6.07) is 0. The van der Waals surface area contributed by atoms with E-state index in [1.807, 2.05) is 0 Å². The Balaban J connectivity index is 2.90. The zero-order valence-corrected chi connectivity index (χ0v) is 11.0. The van der Waals surface area contributed by atoms with Crippen molar-refractivity contribution < 1.29 is 35.5 Å². The van der Waals surface area contributed by atoms with Gasteiger partial charge in [0.25, 0.3) is 0 Å². The van der Waals surface area contributed by atoms with Crippen LogP contribution in [-0.2, 0) is 4.79 Å². The highest BCUT2D eigenvalue weighted by Crippen LogP contribution is 2.46. The fourth-order valence-corrected chi connectivity index (χ4v) is 1.32. The topological polar surface area (TPSA) is 41.5 Å². The van der Waals surface area contributed by atoms with Gasteiger partial charge in [-0.05, 0) is 13.0 Å². The van der Waals surface area contributed by atoms with Gasteiger partial charge < -0.3 is 5.32 Å². The van der Waals surface area contributed by atoms with Gasteiger partial charge in [-0.15, -0.1) is 11.6 Å². The molecule has 21 heavy (non-hydrogen) atoms. The Morgan fingerprint density at radius 2 is 1.81 bits per heavy atom. The minimum absolute atomic E-state index is 0.179. The van der Waals surface area contributed by atoms with E-state index < -0.39 is 34.6 Å². The lowest BCUT2D eigenvalue weighted by Gasteiger charge is -2.27. The summed E-state index contributed by atoms with van der Waals surface area (Å²) >= 11 is 5.77. The second-order valence-corrected chi connectivity index (χ2v) is 5.28. The molecule has 0 aromatic heterocycles. The molecule has 11 heteroatoms. The van der Waals surface area contributed by atoms with E-state index in [9.17, 15) is 35.5 Å². The van der Waals surface area contributed by atoms with E-state index in [1.165, 1.54) is 18.3 Å². The van der Waals surface area contributed by atoms with Gasteiger partial charge in [0.15, 0.2) is 0 Å². The maximum absolute atomic E-state index is 13.0. The molecule has 1 rings (SSSR count). The van der Waals surface area contributed by atoms with Gasteiger partial charge >= 0.3 is 23.9 Å². The van der Waals surface area contributed by atoms with Crippen molar-refractivity contribution in [1.29, 1.82) is 0 Å². The zero-order chi connectivity index (χ0) is 16.7. The first-order valence-electron chi connectivity index (χ1n) is 5.27. The number of carbonyl (C=O) groups excluding carboxylic acids is 1. The van der Waals surface area contributed by atoms with E-state index in [0.29, 0.717) is 0 Å². The summed E-state index contributed by atoms with van der Waals surface area (Å²) < 4.78 is 87.0. The molecule has 120 valence electrons. The number of hydrogen-bond acceptors (Lipinski definition) is 2. The predicted octanol–water partition coefficient (Wildman–Crippen LogP) is 2.90. The van der Waals surface area contributed by atoms with Crippen LogP contribution < -0.4 is 5.32 Å². The van der Waals surface area contributed by atoms with Crippen LogP contribution in [0.15, 0.2) is 17.1 Å². The maximum Gasteiger partial charge on any atom is 0.460 e. The summed E-state index contributed by atoms with van der Waals surface area (Å²) in [5, 5.41) is 1.21. The van der Waals surface area contributed by atoms with Crippen LogP contribution in [0.4, 0.5) is 30.7 Å². The molecule has 3 nitrogen and oxygen atoms in total. The number of hydrogen-bond donors (Lipinski definition) is 1. The molecule has 0 aromatic rings. The number of amidine groups is 1. The number of nitrogens with zero attached hydrogens (tertiary/aromatic N) is 1. The molecule has 0 bridgehead atoms. The summed E-state index contributed by atoms with van der Waals surface area (Å²) in [4.78, 5) is 13.5. The van der Waals surface area contributed by atoms with Crippen LogP contribution in [0.2, 0.25) is 0 Å². The Morgan fingerprint density at radius 1 is 1.29 bits per heavy atom. The molecule has 0 spiro atoms. The Labute approximate surface area is 118 Å². The highest BCUT2D eigenvalue weighted by molar-refractivity contribution is 6.26. The van der Waals surface area contributed by atoms with Crippen LogP contribution in [0.1, 0.15) is 6.92 Å². The number of amides is 1. The van der Waals surface area contributed by atoms with Gasteiger partial charge in [0.05, 0.1) is 11.4 Å². The van der Waals surface area contributed by atoms with Crippen molar-refractivity contribution in [3.63, 3.8) is 0 Å². The maximum atomic E-state index is 13.0. The predicted molar refractivity (Wildman–Crippen MR) is 59.8 cm³/mol. The Bertz CT molecular complexity index is 496. The number of alkyl halides is 8. The second kappa shape index (κ2) is 5.15. The average molecular weight is 341 g/mol. The number of rotatable bonds is 2. The summed E-state index contributed by atoms with van der Waals surface area (Å²) in [5.74, 6) is -15.9. The van der Waals surface area contributed by atoms with Crippen molar-refractivity contribution >= 4 is 23.3 Å². The minimum atomic E-state index is -6.58. The molecular weight excluding hydrogens is 333 g/mol. The second-order valence-electron chi connectivity index (χ2n) is 4.41. The monoisotopic (exact) mass is 340 g/mol. The number of halogens is 8. The molecule has 0 aromatic carbocycles. The van der Waals surface area contributed by atoms with Gasteiger partial charge in [-0.1, -0.05) is 6.08 Å². The molecule has 0 aliphatic carbocycles. The van der Waals surface area contributed by atoms with Crippen LogP contribution in [0.3, 0.4) is 0 Å². The summed E-state index contributed by atoms with van der Waals surface area (Å²) in [5.41, 5.74) is 0. The van der Waals surface area contributed by atoms with Gasteiger partial charge in [0, 0.05) is 0 Å². The van der Waals surface area contributed by atoms with Crippen LogP contribution >= 0.6 is 11.6 Å². The lowest BCUT2D eigenvalue weighted by molar-refractivity contribution is -0.343.